The Morgan fingerprint density at radius 3 is 3.33 bits per heavy atom. The molecule has 2 rings (SSSR count). The van der Waals surface area contributed by atoms with Crippen molar-refractivity contribution in [1.82, 2.24) is 9.38 Å². The molecule has 2 aromatic heterocycles. The minimum atomic E-state index is -0.478. The number of rotatable bonds is 2. The summed E-state index contributed by atoms with van der Waals surface area (Å²) in [6.07, 6.45) is 3.17. The summed E-state index contributed by atoms with van der Waals surface area (Å²) in [7, 11) is 0. The van der Waals surface area contributed by atoms with E-state index in [1.165, 1.54) is 24.5 Å². The predicted octanol–water partition coefficient (Wildman–Crippen LogP) is 1.95. The van der Waals surface area contributed by atoms with Crippen molar-refractivity contribution in [3.63, 3.8) is 0 Å². The van der Waals surface area contributed by atoms with Crippen LogP contribution in [0.2, 0.25) is 5.15 Å². The molecule has 0 fully saturated rings. The number of fused-ring (bicyclic) bond motifs is 1. The van der Waals surface area contributed by atoms with Gasteiger partial charge in [-0.2, -0.15) is 0 Å². The molecule has 78 valence electrons. The molecule has 0 spiro atoms. The molecule has 0 bridgehead atoms. The van der Waals surface area contributed by atoms with Gasteiger partial charge in [0.1, 0.15) is 5.69 Å². The monoisotopic (exact) mass is 243 g/mol. The fourth-order valence-electron chi connectivity index (χ4n) is 1.04. The number of oxime groups is 1. The van der Waals surface area contributed by atoms with Crippen LogP contribution in [0.25, 0.3) is 4.96 Å². The Morgan fingerprint density at radius 1 is 1.80 bits per heavy atom. The van der Waals surface area contributed by atoms with Crippen molar-refractivity contribution in [2.75, 3.05) is 0 Å². The van der Waals surface area contributed by atoms with Crippen molar-refractivity contribution in [3.8, 4) is 0 Å². The van der Waals surface area contributed by atoms with Crippen LogP contribution >= 0.6 is 22.9 Å². The number of halogens is 1. The van der Waals surface area contributed by atoms with Gasteiger partial charge in [-0.1, -0.05) is 16.8 Å². The highest BCUT2D eigenvalue weighted by atomic mass is 35.5. The zero-order valence-electron chi connectivity index (χ0n) is 7.68. The number of hydrogen-bond acceptors (Lipinski definition) is 5. The molecule has 0 aromatic carbocycles. The van der Waals surface area contributed by atoms with Gasteiger partial charge in [0.25, 0.3) is 0 Å². The van der Waals surface area contributed by atoms with Gasteiger partial charge < -0.3 is 4.84 Å². The van der Waals surface area contributed by atoms with Crippen LogP contribution in [0.1, 0.15) is 12.6 Å². The van der Waals surface area contributed by atoms with Crippen LogP contribution in [-0.2, 0) is 9.63 Å². The summed E-state index contributed by atoms with van der Waals surface area (Å²) in [5, 5.41) is 5.70. The summed E-state index contributed by atoms with van der Waals surface area (Å²) in [6, 6.07) is 0. The Balaban J connectivity index is 2.33. The van der Waals surface area contributed by atoms with Crippen LogP contribution in [0.3, 0.4) is 0 Å². The lowest BCUT2D eigenvalue weighted by Crippen LogP contribution is -1.94. The van der Waals surface area contributed by atoms with Crippen molar-refractivity contribution >= 4 is 40.1 Å². The van der Waals surface area contributed by atoms with Crippen molar-refractivity contribution < 1.29 is 9.63 Å². The molecule has 0 unspecified atom stereocenters. The first-order valence-corrected chi connectivity index (χ1v) is 5.26. The third-order valence-electron chi connectivity index (χ3n) is 1.61. The molecule has 0 saturated heterocycles. The first-order valence-electron chi connectivity index (χ1n) is 4.00. The zero-order chi connectivity index (χ0) is 10.8. The maximum absolute atomic E-state index is 10.5. The first kappa shape index (κ1) is 10.1. The lowest BCUT2D eigenvalue weighted by atomic mass is 10.5. The maximum atomic E-state index is 10.5. The van der Waals surface area contributed by atoms with E-state index in [9.17, 15) is 4.79 Å². The van der Waals surface area contributed by atoms with Crippen molar-refractivity contribution in [3.05, 3.63) is 22.4 Å². The molecule has 7 heteroatoms. The Hall–Kier alpha value is -1.40. The normalized spacial score (nSPS) is 11.3. The van der Waals surface area contributed by atoms with Gasteiger partial charge in [-0.3, -0.25) is 4.40 Å². The highest BCUT2D eigenvalue weighted by molar-refractivity contribution is 7.15. The van der Waals surface area contributed by atoms with Gasteiger partial charge in [0.15, 0.2) is 10.1 Å². The molecule has 15 heavy (non-hydrogen) atoms. The van der Waals surface area contributed by atoms with E-state index in [0.717, 1.165) is 4.96 Å². The fraction of sp³-hybridized carbons (Fsp3) is 0.125. The number of carbonyl (C=O) groups is 1. The van der Waals surface area contributed by atoms with Gasteiger partial charge in [-0.25, -0.2) is 9.78 Å². The second-order valence-electron chi connectivity index (χ2n) is 2.66. The van der Waals surface area contributed by atoms with Crippen LogP contribution in [0, 0.1) is 0 Å². The van der Waals surface area contributed by atoms with Gasteiger partial charge in [0.05, 0.1) is 6.21 Å². The maximum Gasteiger partial charge on any atom is 0.331 e. The van der Waals surface area contributed by atoms with Gasteiger partial charge in [0.2, 0.25) is 0 Å². The summed E-state index contributed by atoms with van der Waals surface area (Å²) < 4.78 is 1.76. The molecule has 0 aliphatic heterocycles. The van der Waals surface area contributed by atoms with Crippen molar-refractivity contribution in [2.24, 2.45) is 5.16 Å². The lowest BCUT2D eigenvalue weighted by Gasteiger charge is -1.90. The average molecular weight is 244 g/mol. The zero-order valence-corrected chi connectivity index (χ0v) is 9.25. The molecule has 0 amide bonds. The molecule has 0 radical (unpaired) electrons. The molecular formula is C8H6ClN3O2S. The standard InChI is InChI=1S/C8H6ClN3O2S/c1-5(13)14-10-4-6-7(9)11-8-12(6)2-3-15-8/h2-4H,1H3. The molecule has 0 aliphatic carbocycles. The Kier molecular flexibility index (Phi) is 2.70. The highest BCUT2D eigenvalue weighted by Crippen LogP contribution is 2.19. The number of nitrogens with zero attached hydrogens (tertiary/aromatic N) is 3. The average Bonchev–Trinajstić information content (AvgIpc) is 2.68. The minimum Gasteiger partial charge on any atom is -0.319 e. The molecule has 2 heterocycles. The van der Waals surface area contributed by atoms with E-state index < -0.39 is 5.97 Å². The van der Waals surface area contributed by atoms with Crippen LogP contribution in [-0.4, -0.2) is 21.6 Å². The number of thiazole rings is 1. The van der Waals surface area contributed by atoms with E-state index in [1.54, 1.807) is 4.40 Å². The summed E-state index contributed by atoms with van der Waals surface area (Å²) in [5.74, 6) is -0.478. The first-order chi connectivity index (χ1) is 7.18. The number of hydrogen-bond donors (Lipinski definition) is 0. The van der Waals surface area contributed by atoms with E-state index in [-0.39, 0.29) is 0 Å². The van der Waals surface area contributed by atoms with E-state index in [1.807, 2.05) is 11.6 Å². The van der Waals surface area contributed by atoms with E-state index >= 15 is 0 Å². The largest absolute Gasteiger partial charge is 0.331 e. The molecule has 5 nitrogen and oxygen atoms in total. The molecule has 0 N–H and O–H groups in total. The van der Waals surface area contributed by atoms with Gasteiger partial charge in [0, 0.05) is 18.5 Å². The molecular weight excluding hydrogens is 238 g/mol. The second-order valence-corrected chi connectivity index (χ2v) is 3.89. The summed E-state index contributed by atoms with van der Waals surface area (Å²) in [5.41, 5.74) is 0.592. The molecule has 0 saturated carbocycles. The number of carbonyl (C=O) groups excluding carboxylic acids is 1. The molecule has 2 aromatic rings. The summed E-state index contributed by atoms with van der Waals surface area (Å²) in [6.45, 7) is 1.27. The molecule has 0 aliphatic rings. The van der Waals surface area contributed by atoms with E-state index in [0.29, 0.717) is 10.8 Å². The Bertz CT molecular complexity index is 531. The Labute approximate surface area is 93.9 Å². The summed E-state index contributed by atoms with van der Waals surface area (Å²) in [4.78, 5) is 19.8. The topological polar surface area (TPSA) is 56.0 Å². The van der Waals surface area contributed by atoms with Gasteiger partial charge >= 0.3 is 5.97 Å². The van der Waals surface area contributed by atoms with E-state index in [2.05, 4.69) is 15.0 Å². The van der Waals surface area contributed by atoms with Crippen LogP contribution in [0.15, 0.2) is 16.7 Å². The van der Waals surface area contributed by atoms with Crippen LogP contribution in [0.4, 0.5) is 0 Å². The lowest BCUT2D eigenvalue weighted by molar-refractivity contribution is -0.140. The quantitative estimate of drug-likeness (QED) is 0.460. The molecule has 0 atom stereocenters. The third kappa shape index (κ3) is 2.00. The van der Waals surface area contributed by atoms with E-state index in [4.69, 9.17) is 11.6 Å². The van der Waals surface area contributed by atoms with Crippen molar-refractivity contribution in [1.29, 1.82) is 0 Å². The SMILES string of the molecule is CC(=O)ON=Cc1c(Cl)nc2sccn12. The third-order valence-corrected chi connectivity index (χ3v) is 2.65. The number of imidazole rings is 1. The summed E-state index contributed by atoms with van der Waals surface area (Å²) >= 11 is 7.33. The minimum absolute atomic E-state index is 0.331. The van der Waals surface area contributed by atoms with Crippen LogP contribution < -0.4 is 0 Å². The Morgan fingerprint density at radius 2 is 2.60 bits per heavy atom. The van der Waals surface area contributed by atoms with Crippen molar-refractivity contribution in [2.45, 2.75) is 6.92 Å². The van der Waals surface area contributed by atoms with Gasteiger partial charge in [-0.15, -0.1) is 11.3 Å². The van der Waals surface area contributed by atoms with Gasteiger partial charge in [-0.05, 0) is 0 Å². The van der Waals surface area contributed by atoms with Crippen LogP contribution in [0.5, 0.6) is 0 Å². The fourth-order valence-corrected chi connectivity index (χ4v) is 2.03. The predicted molar refractivity (Wildman–Crippen MR) is 57.4 cm³/mol. The highest BCUT2D eigenvalue weighted by Gasteiger charge is 2.08. The second kappa shape index (κ2) is 4.00. The smallest absolute Gasteiger partial charge is 0.319 e. The number of aromatic nitrogens is 2.